The molecule has 2 aliphatic heterocycles. The van der Waals surface area contributed by atoms with E-state index in [0.717, 1.165) is 34.2 Å². The number of rotatable bonds is 3. The van der Waals surface area contributed by atoms with Crippen molar-refractivity contribution in [2.75, 3.05) is 19.8 Å². The lowest BCUT2D eigenvalue weighted by Crippen LogP contribution is -2.42. The van der Waals surface area contributed by atoms with Crippen molar-refractivity contribution in [3.63, 3.8) is 0 Å². The molecule has 0 radical (unpaired) electrons. The third-order valence-corrected chi connectivity index (χ3v) is 5.44. The summed E-state index contributed by atoms with van der Waals surface area (Å²) in [7, 11) is 0. The molecular formula is C23H30O5. The van der Waals surface area contributed by atoms with Gasteiger partial charge in [0.15, 0.2) is 5.60 Å². The molecule has 0 bridgehead atoms. The van der Waals surface area contributed by atoms with Gasteiger partial charge in [0.05, 0.1) is 17.6 Å². The molecule has 152 valence electrons. The molecule has 1 atom stereocenters. The Morgan fingerprint density at radius 3 is 2.36 bits per heavy atom. The van der Waals surface area contributed by atoms with Gasteiger partial charge in [-0.25, -0.2) is 4.79 Å². The van der Waals surface area contributed by atoms with E-state index in [1.54, 1.807) is 0 Å². The Labute approximate surface area is 167 Å². The van der Waals surface area contributed by atoms with Gasteiger partial charge in [0.25, 0.3) is 0 Å². The summed E-state index contributed by atoms with van der Waals surface area (Å²) in [6.07, 6.45) is 1.47. The SMILES string of the molecule is Cc1cc(C)c(C2=C(COC(=O)C(C)(C)C)C3(CCCOC3)OC2=O)c(C)c1. The minimum atomic E-state index is -0.841. The number of carbonyl (C=O) groups excluding carboxylic acids is 2. The van der Waals surface area contributed by atoms with Gasteiger partial charge in [-0.15, -0.1) is 0 Å². The maximum atomic E-state index is 13.0. The zero-order valence-electron chi connectivity index (χ0n) is 17.7. The number of ether oxygens (including phenoxy) is 3. The van der Waals surface area contributed by atoms with E-state index in [2.05, 4.69) is 12.1 Å². The van der Waals surface area contributed by atoms with E-state index in [1.807, 2.05) is 41.5 Å². The molecule has 3 rings (SSSR count). The van der Waals surface area contributed by atoms with E-state index >= 15 is 0 Å². The lowest BCUT2D eigenvalue weighted by Gasteiger charge is -2.34. The number of carbonyl (C=O) groups is 2. The van der Waals surface area contributed by atoms with Crippen molar-refractivity contribution in [1.82, 2.24) is 0 Å². The molecule has 0 aliphatic carbocycles. The first-order valence-electron chi connectivity index (χ1n) is 9.85. The summed E-state index contributed by atoms with van der Waals surface area (Å²) in [5, 5.41) is 0. The third kappa shape index (κ3) is 3.72. The minimum Gasteiger partial charge on any atom is -0.461 e. The van der Waals surface area contributed by atoms with Gasteiger partial charge in [0.1, 0.15) is 6.61 Å². The molecule has 1 fully saturated rings. The van der Waals surface area contributed by atoms with Crippen molar-refractivity contribution < 1.29 is 23.8 Å². The lowest BCUT2D eigenvalue weighted by molar-refractivity contribution is -0.158. The quantitative estimate of drug-likeness (QED) is 0.733. The second-order valence-corrected chi connectivity index (χ2v) is 8.99. The van der Waals surface area contributed by atoms with Crippen LogP contribution in [0.4, 0.5) is 0 Å². The summed E-state index contributed by atoms with van der Waals surface area (Å²) in [4.78, 5) is 25.4. The lowest BCUT2D eigenvalue weighted by atomic mass is 9.83. The molecule has 0 saturated carbocycles. The highest BCUT2D eigenvalue weighted by Crippen LogP contribution is 2.44. The molecule has 2 aliphatic rings. The normalized spacial score (nSPS) is 22.6. The molecule has 1 saturated heterocycles. The van der Waals surface area contributed by atoms with Crippen LogP contribution in [0.5, 0.6) is 0 Å². The largest absolute Gasteiger partial charge is 0.461 e. The maximum absolute atomic E-state index is 13.0. The molecule has 1 spiro atoms. The Balaban J connectivity index is 2.11. The first-order valence-corrected chi connectivity index (χ1v) is 9.85. The van der Waals surface area contributed by atoms with E-state index in [9.17, 15) is 9.59 Å². The third-order valence-electron chi connectivity index (χ3n) is 5.44. The average Bonchev–Trinajstić information content (AvgIpc) is 2.83. The molecule has 0 aromatic heterocycles. The van der Waals surface area contributed by atoms with E-state index < -0.39 is 11.0 Å². The summed E-state index contributed by atoms with van der Waals surface area (Å²) < 4.78 is 17.2. The van der Waals surface area contributed by atoms with Gasteiger partial charge in [0, 0.05) is 12.2 Å². The average molecular weight is 386 g/mol. The van der Waals surface area contributed by atoms with Crippen LogP contribution < -0.4 is 0 Å². The summed E-state index contributed by atoms with van der Waals surface area (Å²) >= 11 is 0. The highest BCUT2D eigenvalue weighted by atomic mass is 16.6. The van der Waals surface area contributed by atoms with Crippen molar-refractivity contribution in [3.05, 3.63) is 40.0 Å². The molecular weight excluding hydrogens is 356 g/mol. The monoisotopic (exact) mass is 386 g/mol. The van der Waals surface area contributed by atoms with Crippen molar-refractivity contribution in [2.24, 2.45) is 5.41 Å². The topological polar surface area (TPSA) is 61.8 Å². The van der Waals surface area contributed by atoms with Gasteiger partial charge >= 0.3 is 11.9 Å². The molecule has 5 heteroatoms. The van der Waals surface area contributed by atoms with Gasteiger partial charge in [-0.3, -0.25) is 4.79 Å². The molecule has 1 unspecified atom stereocenters. The summed E-state index contributed by atoms with van der Waals surface area (Å²) in [6, 6.07) is 4.12. The summed E-state index contributed by atoms with van der Waals surface area (Å²) in [5.41, 5.74) is 3.84. The number of hydrogen-bond acceptors (Lipinski definition) is 5. The van der Waals surface area contributed by atoms with Gasteiger partial charge in [-0.05, 0) is 71.1 Å². The number of benzene rings is 1. The Bertz CT molecular complexity index is 812. The summed E-state index contributed by atoms with van der Waals surface area (Å²) in [6.45, 7) is 12.5. The highest BCUT2D eigenvalue weighted by molar-refractivity contribution is 6.21. The van der Waals surface area contributed by atoms with Crippen LogP contribution in [0.1, 0.15) is 55.9 Å². The second-order valence-electron chi connectivity index (χ2n) is 8.99. The Kier molecular flexibility index (Phi) is 5.41. The van der Waals surface area contributed by atoms with Crippen LogP contribution in [0.2, 0.25) is 0 Å². The highest BCUT2D eigenvalue weighted by Gasteiger charge is 2.50. The first-order chi connectivity index (χ1) is 13.0. The van der Waals surface area contributed by atoms with E-state index in [0.29, 0.717) is 25.2 Å². The number of esters is 2. The van der Waals surface area contributed by atoms with Gasteiger partial charge in [-0.2, -0.15) is 0 Å². The zero-order valence-corrected chi connectivity index (χ0v) is 17.7. The Morgan fingerprint density at radius 2 is 1.82 bits per heavy atom. The number of hydrogen-bond donors (Lipinski definition) is 0. The van der Waals surface area contributed by atoms with Crippen molar-refractivity contribution in [1.29, 1.82) is 0 Å². The van der Waals surface area contributed by atoms with Gasteiger partial charge < -0.3 is 14.2 Å². The van der Waals surface area contributed by atoms with Crippen LogP contribution in [0.15, 0.2) is 17.7 Å². The van der Waals surface area contributed by atoms with Gasteiger partial charge in [-0.1, -0.05) is 17.7 Å². The molecule has 5 nitrogen and oxygen atoms in total. The Morgan fingerprint density at radius 1 is 1.18 bits per heavy atom. The van der Waals surface area contributed by atoms with Crippen LogP contribution in [-0.2, 0) is 23.8 Å². The predicted molar refractivity (Wildman–Crippen MR) is 107 cm³/mol. The molecule has 1 aromatic rings. The number of aryl methyl sites for hydroxylation is 3. The van der Waals surface area contributed by atoms with Crippen LogP contribution >= 0.6 is 0 Å². The summed E-state index contributed by atoms with van der Waals surface area (Å²) in [5.74, 6) is -0.662. The second kappa shape index (κ2) is 7.36. The van der Waals surface area contributed by atoms with Crippen LogP contribution in [0.3, 0.4) is 0 Å². The fourth-order valence-electron chi connectivity index (χ4n) is 4.11. The molecule has 0 amide bonds. The molecule has 0 N–H and O–H groups in total. The van der Waals surface area contributed by atoms with Crippen LogP contribution in [0, 0.1) is 26.2 Å². The molecule has 1 aromatic carbocycles. The van der Waals surface area contributed by atoms with Crippen molar-refractivity contribution >= 4 is 17.5 Å². The maximum Gasteiger partial charge on any atom is 0.339 e. The fraction of sp³-hybridized carbons (Fsp3) is 0.565. The first kappa shape index (κ1) is 20.6. The zero-order chi connectivity index (χ0) is 20.7. The smallest absolute Gasteiger partial charge is 0.339 e. The predicted octanol–water partition coefficient (Wildman–Crippen LogP) is 4.06. The molecule has 28 heavy (non-hydrogen) atoms. The Hall–Kier alpha value is -2.14. The van der Waals surface area contributed by atoms with Gasteiger partial charge in [0.2, 0.25) is 0 Å². The fourth-order valence-corrected chi connectivity index (χ4v) is 4.11. The molecule has 2 heterocycles. The van der Waals surface area contributed by atoms with Crippen LogP contribution in [0.25, 0.3) is 5.57 Å². The standard InChI is InChI=1S/C23H30O5/c1-14-10-15(2)18(16(3)11-14)19-17(12-27-21(25)22(4,5)6)23(28-20(19)24)8-7-9-26-13-23/h10-11H,7-9,12-13H2,1-6H3. The van der Waals surface area contributed by atoms with E-state index in [-0.39, 0.29) is 18.5 Å². The van der Waals surface area contributed by atoms with Crippen molar-refractivity contribution in [3.8, 4) is 0 Å². The van der Waals surface area contributed by atoms with Crippen LogP contribution in [-0.4, -0.2) is 37.4 Å². The minimum absolute atomic E-state index is 0.0350. The van der Waals surface area contributed by atoms with E-state index in [1.165, 1.54) is 0 Å². The van der Waals surface area contributed by atoms with E-state index in [4.69, 9.17) is 14.2 Å². The van der Waals surface area contributed by atoms with Crippen molar-refractivity contribution in [2.45, 2.75) is 60.0 Å².